The SMILES string of the molecule is COc1ccccc1N/N=C(\C#N)C(=O)NCCc1ccc(OC)c(OC)c1. The molecule has 0 aliphatic rings. The molecule has 0 aromatic heterocycles. The average Bonchev–Trinajstić information content (AvgIpc) is 2.74. The number of methoxy groups -OCH3 is 3. The lowest BCUT2D eigenvalue weighted by Crippen LogP contribution is -2.32. The molecule has 0 saturated heterocycles. The standard InChI is InChI=1S/C20H22N4O4/c1-26-17-7-5-4-6-15(17)23-24-16(13-21)20(25)22-11-10-14-8-9-18(27-2)19(12-14)28-3/h4-9,12,23H,10-11H2,1-3H3,(H,22,25)/b24-16+. The molecule has 8 heteroatoms. The van der Waals surface area contributed by atoms with Crippen LogP contribution in [0.1, 0.15) is 5.56 Å². The Morgan fingerprint density at radius 1 is 1.04 bits per heavy atom. The first-order valence-corrected chi connectivity index (χ1v) is 8.48. The van der Waals surface area contributed by atoms with E-state index in [4.69, 9.17) is 14.2 Å². The zero-order valence-corrected chi connectivity index (χ0v) is 16.0. The summed E-state index contributed by atoms with van der Waals surface area (Å²) in [5, 5.41) is 15.8. The minimum absolute atomic E-state index is 0.279. The number of carbonyl (C=O) groups is 1. The van der Waals surface area contributed by atoms with Crippen LogP contribution < -0.4 is 25.0 Å². The van der Waals surface area contributed by atoms with Gasteiger partial charge in [0.25, 0.3) is 5.91 Å². The molecule has 0 heterocycles. The van der Waals surface area contributed by atoms with Crippen LogP contribution in [0.15, 0.2) is 47.6 Å². The fraction of sp³-hybridized carbons (Fsp3) is 0.250. The molecule has 2 aromatic carbocycles. The predicted molar refractivity (Wildman–Crippen MR) is 106 cm³/mol. The first-order chi connectivity index (χ1) is 13.6. The molecule has 146 valence electrons. The van der Waals surface area contributed by atoms with Crippen LogP contribution in [0, 0.1) is 11.3 Å². The van der Waals surface area contributed by atoms with E-state index in [2.05, 4.69) is 15.8 Å². The number of benzene rings is 2. The van der Waals surface area contributed by atoms with Gasteiger partial charge in [-0.25, -0.2) is 0 Å². The molecule has 0 bridgehead atoms. The van der Waals surface area contributed by atoms with Gasteiger partial charge < -0.3 is 19.5 Å². The van der Waals surface area contributed by atoms with E-state index in [9.17, 15) is 10.1 Å². The van der Waals surface area contributed by atoms with Gasteiger partial charge in [-0.3, -0.25) is 10.2 Å². The molecule has 2 rings (SSSR count). The summed E-state index contributed by atoms with van der Waals surface area (Å²) in [5.74, 6) is 1.24. The van der Waals surface area contributed by atoms with Crippen LogP contribution in [0.4, 0.5) is 5.69 Å². The quantitative estimate of drug-likeness (QED) is 0.510. The Morgan fingerprint density at radius 3 is 2.43 bits per heavy atom. The first-order valence-electron chi connectivity index (χ1n) is 8.48. The van der Waals surface area contributed by atoms with E-state index in [1.807, 2.05) is 12.1 Å². The van der Waals surface area contributed by atoms with Gasteiger partial charge in [-0.15, -0.1) is 0 Å². The van der Waals surface area contributed by atoms with Gasteiger partial charge in [0.05, 0.1) is 27.0 Å². The van der Waals surface area contributed by atoms with Crippen molar-refractivity contribution in [3.63, 3.8) is 0 Å². The van der Waals surface area contributed by atoms with Crippen molar-refractivity contribution < 1.29 is 19.0 Å². The lowest BCUT2D eigenvalue weighted by atomic mass is 10.1. The Balaban J connectivity index is 1.94. The molecule has 0 spiro atoms. The van der Waals surface area contributed by atoms with Crippen LogP contribution in [0.5, 0.6) is 17.2 Å². The van der Waals surface area contributed by atoms with Crippen LogP contribution in [-0.2, 0) is 11.2 Å². The highest BCUT2D eigenvalue weighted by atomic mass is 16.5. The monoisotopic (exact) mass is 382 g/mol. The molecule has 0 aliphatic heterocycles. The Hall–Kier alpha value is -3.73. The third-order valence-electron chi connectivity index (χ3n) is 3.86. The predicted octanol–water partition coefficient (Wildman–Crippen LogP) is 2.36. The van der Waals surface area contributed by atoms with Crippen molar-refractivity contribution in [2.75, 3.05) is 33.3 Å². The first kappa shape index (κ1) is 20.6. The molecule has 0 fully saturated rings. The lowest BCUT2D eigenvalue weighted by Gasteiger charge is -2.10. The fourth-order valence-electron chi connectivity index (χ4n) is 2.42. The van der Waals surface area contributed by atoms with E-state index in [0.29, 0.717) is 35.9 Å². The molecule has 0 radical (unpaired) electrons. The Bertz CT molecular complexity index is 890. The van der Waals surface area contributed by atoms with Crippen LogP contribution >= 0.6 is 0 Å². The second-order valence-corrected chi connectivity index (χ2v) is 5.58. The third kappa shape index (κ3) is 5.38. The Labute approximate surface area is 163 Å². The average molecular weight is 382 g/mol. The summed E-state index contributed by atoms with van der Waals surface area (Å²) in [4.78, 5) is 12.2. The van der Waals surface area contributed by atoms with E-state index in [0.717, 1.165) is 5.56 Å². The van der Waals surface area contributed by atoms with Crippen molar-refractivity contribution in [1.82, 2.24) is 5.32 Å². The maximum atomic E-state index is 12.2. The van der Waals surface area contributed by atoms with Gasteiger partial charge in [-0.05, 0) is 36.2 Å². The molecular weight excluding hydrogens is 360 g/mol. The maximum Gasteiger partial charge on any atom is 0.282 e. The van der Waals surface area contributed by atoms with E-state index in [-0.39, 0.29) is 5.71 Å². The number of nitriles is 1. The number of amides is 1. The van der Waals surface area contributed by atoms with Gasteiger partial charge >= 0.3 is 0 Å². The van der Waals surface area contributed by atoms with Gasteiger partial charge in [0, 0.05) is 6.54 Å². The van der Waals surface area contributed by atoms with Crippen molar-refractivity contribution in [2.24, 2.45) is 5.10 Å². The zero-order chi connectivity index (χ0) is 20.4. The molecule has 0 atom stereocenters. The van der Waals surface area contributed by atoms with E-state index >= 15 is 0 Å². The Kier molecular flexibility index (Phi) is 7.66. The highest BCUT2D eigenvalue weighted by molar-refractivity contribution is 6.45. The van der Waals surface area contributed by atoms with Crippen LogP contribution in [0.3, 0.4) is 0 Å². The molecule has 1 amide bonds. The van der Waals surface area contributed by atoms with Crippen molar-refractivity contribution >= 4 is 17.3 Å². The second-order valence-electron chi connectivity index (χ2n) is 5.58. The second kappa shape index (κ2) is 10.4. The smallest absolute Gasteiger partial charge is 0.282 e. The van der Waals surface area contributed by atoms with E-state index in [1.165, 1.54) is 7.11 Å². The summed E-state index contributed by atoms with van der Waals surface area (Å²) in [5.41, 5.74) is 3.91. The molecule has 8 nitrogen and oxygen atoms in total. The van der Waals surface area contributed by atoms with Gasteiger partial charge in [-0.2, -0.15) is 10.4 Å². The summed E-state index contributed by atoms with van der Waals surface area (Å²) in [7, 11) is 4.66. The normalized spacial score (nSPS) is 10.6. The third-order valence-corrected chi connectivity index (χ3v) is 3.86. The summed E-state index contributed by atoms with van der Waals surface area (Å²) in [6.07, 6.45) is 0.560. The minimum Gasteiger partial charge on any atom is -0.495 e. The van der Waals surface area contributed by atoms with Crippen LogP contribution in [-0.4, -0.2) is 39.5 Å². The summed E-state index contributed by atoms with van der Waals surface area (Å²) in [6, 6.07) is 14.4. The number of anilines is 1. The molecule has 28 heavy (non-hydrogen) atoms. The van der Waals surface area contributed by atoms with E-state index < -0.39 is 5.91 Å². The van der Waals surface area contributed by atoms with Gasteiger partial charge in [0.1, 0.15) is 11.8 Å². The topological polar surface area (TPSA) is 105 Å². The number of nitrogens with one attached hydrogen (secondary N) is 2. The molecule has 2 aromatic rings. The maximum absolute atomic E-state index is 12.2. The van der Waals surface area contributed by atoms with Gasteiger partial charge in [0.15, 0.2) is 11.5 Å². The van der Waals surface area contributed by atoms with E-state index in [1.54, 1.807) is 50.6 Å². The molecule has 0 saturated carbocycles. The fourth-order valence-corrected chi connectivity index (χ4v) is 2.42. The number of rotatable bonds is 9. The summed E-state index contributed by atoms with van der Waals surface area (Å²) >= 11 is 0. The molecule has 2 N–H and O–H groups in total. The van der Waals surface area contributed by atoms with Crippen molar-refractivity contribution in [3.8, 4) is 23.3 Å². The number of hydrazone groups is 1. The number of para-hydroxylation sites is 2. The highest BCUT2D eigenvalue weighted by Crippen LogP contribution is 2.27. The molecular formula is C20H22N4O4. The largest absolute Gasteiger partial charge is 0.495 e. The van der Waals surface area contributed by atoms with Crippen LogP contribution in [0.2, 0.25) is 0 Å². The number of hydrogen-bond acceptors (Lipinski definition) is 7. The number of ether oxygens (including phenoxy) is 3. The van der Waals surface area contributed by atoms with Crippen molar-refractivity contribution in [2.45, 2.75) is 6.42 Å². The number of carbonyl (C=O) groups excluding carboxylic acids is 1. The van der Waals surface area contributed by atoms with Crippen molar-refractivity contribution in [3.05, 3.63) is 48.0 Å². The lowest BCUT2D eigenvalue weighted by molar-refractivity contribution is -0.114. The summed E-state index contributed by atoms with van der Waals surface area (Å²) in [6.45, 7) is 0.337. The van der Waals surface area contributed by atoms with Gasteiger partial charge in [-0.1, -0.05) is 18.2 Å². The number of nitrogens with zero attached hydrogens (tertiary/aromatic N) is 2. The van der Waals surface area contributed by atoms with Gasteiger partial charge in [0.2, 0.25) is 5.71 Å². The van der Waals surface area contributed by atoms with Crippen LogP contribution in [0.25, 0.3) is 0 Å². The zero-order valence-electron chi connectivity index (χ0n) is 16.0. The highest BCUT2D eigenvalue weighted by Gasteiger charge is 2.11. The number of hydrogen-bond donors (Lipinski definition) is 2. The molecule has 0 unspecified atom stereocenters. The summed E-state index contributed by atoms with van der Waals surface area (Å²) < 4.78 is 15.6. The minimum atomic E-state index is -0.564. The Morgan fingerprint density at radius 2 is 1.75 bits per heavy atom. The molecule has 0 aliphatic carbocycles. The van der Waals surface area contributed by atoms with Crippen molar-refractivity contribution in [1.29, 1.82) is 5.26 Å².